The Morgan fingerprint density at radius 3 is 2.58 bits per heavy atom. The van der Waals surface area contributed by atoms with E-state index in [0.717, 1.165) is 5.56 Å². The van der Waals surface area contributed by atoms with Crippen LogP contribution in [0.4, 0.5) is 0 Å². The number of benzene rings is 1. The number of ether oxygens (including phenoxy) is 1. The largest absolute Gasteiger partial charge is 0.465 e. The van der Waals surface area contributed by atoms with Crippen molar-refractivity contribution in [2.24, 2.45) is 22.2 Å². The first-order valence-electron chi connectivity index (χ1n) is 12.6. The zero-order chi connectivity index (χ0) is 28.1. The number of hydrogen-bond acceptors (Lipinski definition) is 8. The third-order valence-electron chi connectivity index (χ3n) is 5.97. The van der Waals surface area contributed by atoms with Crippen LogP contribution >= 0.6 is 0 Å². The number of carbonyl (C=O) groups is 3. The van der Waals surface area contributed by atoms with Crippen molar-refractivity contribution in [3.05, 3.63) is 35.9 Å². The molecule has 38 heavy (non-hydrogen) atoms. The molecule has 1 aliphatic heterocycles. The van der Waals surface area contributed by atoms with Crippen LogP contribution in [-0.2, 0) is 35.6 Å². The normalized spacial score (nSPS) is 16.9. The molecule has 2 amide bonds. The molecule has 0 saturated carbocycles. The van der Waals surface area contributed by atoms with Gasteiger partial charge in [0.1, 0.15) is 12.6 Å². The Kier molecular flexibility index (Phi) is 12.4. The summed E-state index contributed by atoms with van der Waals surface area (Å²) in [5.74, 6) is -2.08. The molecule has 8 N–H and O–H groups in total. The van der Waals surface area contributed by atoms with Crippen LogP contribution in [0.1, 0.15) is 38.2 Å². The van der Waals surface area contributed by atoms with Crippen LogP contribution in [0.5, 0.6) is 0 Å². The Bertz CT molecular complexity index is 1060. The lowest BCUT2D eigenvalue weighted by atomic mass is 10.0. The molecule has 1 heterocycles. The highest BCUT2D eigenvalue weighted by Crippen LogP contribution is 2.20. The fraction of sp³-hybridized carbons (Fsp3) is 0.583. The summed E-state index contributed by atoms with van der Waals surface area (Å²) in [5.41, 5.74) is 17.8. The number of nitrogens with two attached hydrogens (primary N) is 3. The van der Waals surface area contributed by atoms with Gasteiger partial charge in [-0.2, -0.15) is 0 Å². The number of aliphatic imine (C=N–C) groups is 1. The standard InChI is InChI=1S/C24H39N7O6S/c1-2-37-21(32)15-29-38(35,36)16-18(10-6-12-28-24(26)27)30-22(33)20-11-7-13-31(20)23(34)19(25)14-17-8-4-3-5-9-17/h3-5,8-9,18-20,29H,2,6-7,10-16,25H2,1H3,(H,30,33)(H4,26,27,28)/t18-,19+,20-/m0/s1. The fourth-order valence-electron chi connectivity index (χ4n) is 4.22. The first-order chi connectivity index (χ1) is 18.0. The van der Waals surface area contributed by atoms with E-state index in [-0.39, 0.29) is 31.4 Å². The van der Waals surface area contributed by atoms with Gasteiger partial charge in [-0.15, -0.1) is 0 Å². The van der Waals surface area contributed by atoms with E-state index in [1.165, 1.54) is 4.90 Å². The molecule has 1 aromatic carbocycles. The fourth-order valence-corrected chi connectivity index (χ4v) is 5.45. The quantitative estimate of drug-likeness (QED) is 0.0744. The van der Waals surface area contributed by atoms with E-state index in [9.17, 15) is 22.8 Å². The predicted molar refractivity (Wildman–Crippen MR) is 143 cm³/mol. The van der Waals surface area contributed by atoms with Crippen molar-refractivity contribution in [3.8, 4) is 0 Å². The summed E-state index contributed by atoms with van der Waals surface area (Å²) in [5, 5.41) is 2.77. The van der Waals surface area contributed by atoms with Gasteiger partial charge in [-0.25, -0.2) is 13.1 Å². The van der Waals surface area contributed by atoms with Crippen LogP contribution in [0, 0.1) is 0 Å². The summed E-state index contributed by atoms with van der Waals surface area (Å²) in [4.78, 5) is 43.2. The van der Waals surface area contributed by atoms with Crippen molar-refractivity contribution < 1.29 is 27.5 Å². The molecular weight excluding hydrogens is 514 g/mol. The van der Waals surface area contributed by atoms with Crippen LogP contribution in [0.2, 0.25) is 0 Å². The highest BCUT2D eigenvalue weighted by atomic mass is 32.2. The monoisotopic (exact) mass is 553 g/mol. The summed E-state index contributed by atoms with van der Waals surface area (Å²) in [6.45, 7) is 1.84. The van der Waals surface area contributed by atoms with Gasteiger partial charge in [0, 0.05) is 19.1 Å². The highest BCUT2D eigenvalue weighted by molar-refractivity contribution is 7.89. The maximum atomic E-state index is 13.2. The molecular formula is C24H39N7O6S. The third-order valence-corrected chi connectivity index (χ3v) is 7.39. The SMILES string of the molecule is CCOC(=O)CNS(=O)(=O)C[C@H](CCCN=C(N)N)NC(=O)[C@@H]1CCCN1C(=O)[C@H](N)Cc1ccccc1. The Morgan fingerprint density at radius 2 is 1.92 bits per heavy atom. The number of amides is 2. The zero-order valence-electron chi connectivity index (χ0n) is 21.7. The third kappa shape index (κ3) is 10.6. The van der Waals surface area contributed by atoms with Crippen molar-refractivity contribution >= 4 is 33.8 Å². The van der Waals surface area contributed by atoms with Crippen molar-refractivity contribution in [1.29, 1.82) is 0 Å². The molecule has 0 radical (unpaired) electrons. The Labute approximate surface area is 223 Å². The van der Waals surface area contributed by atoms with Gasteiger partial charge < -0.3 is 32.2 Å². The number of hydrogen-bond donors (Lipinski definition) is 5. The smallest absolute Gasteiger partial charge is 0.320 e. The van der Waals surface area contributed by atoms with E-state index < -0.39 is 52.3 Å². The molecule has 1 aliphatic rings. The van der Waals surface area contributed by atoms with Gasteiger partial charge in [0.15, 0.2) is 5.96 Å². The lowest BCUT2D eigenvalue weighted by molar-refractivity contribution is -0.141. The molecule has 0 unspecified atom stereocenters. The number of esters is 1. The van der Waals surface area contributed by atoms with Crippen LogP contribution in [0.3, 0.4) is 0 Å². The molecule has 212 valence electrons. The van der Waals surface area contributed by atoms with Crippen molar-refractivity contribution in [3.63, 3.8) is 0 Å². The lowest BCUT2D eigenvalue weighted by Crippen LogP contribution is -2.54. The summed E-state index contributed by atoms with van der Waals surface area (Å²) in [6.07, 6.45) is 2.03. The maximum absolute atomic E-state index is 13.2. The van der Waals surface area contributed by atoms with Gasteiger partial charge in [-0.1, -0.05) is 30.3 Å². The molecule has 1 fully saturated rings. The van der Waals surface area contributed by atoms with Crippen LogP contribution in [0.25, 0.3) is 0 Å². The number of guanidine groups is 1. The highest BCUT2D eigenvalue weighted by Gasteiger charge is 2.37. The molecule has 1 saturated heterocycles. The molecule has 1 aromatic rings. The second-order valence-electron chi connectivity index (χ2n) is 9.05. The molecule has 14 heteroatoms. The van der Waals surface area contributed by atoms with Gasteiger partial charge in [0.2, 0.25) is 21.8 Å². The average Bonchev–Trinajstić information content (AvgIpc) is 3.35. The van der Waals surface area contributed by atoms with Gasteiger partial charge >= 0.3 is 5.97 Å². The number of carbonyl (C=O) groups excluding carboxylic acids is 3. The maximum Gasteiger partial charge on any atom is 0.320 e. The Balaban J connectivity index is 2.05. The topological polar surface area (TPSA) is 212 Å². The average molecular weight is 554 g/mol. The minimum atomic E-state index is -3.95. The minimum Gasteiger partial charge on any atom is -0.465 e. The number of rotatable bonds is 15. The van der Waals surface area contributed by atoms with E-state index in [0.29, 0.717) is 32.2 Å². The van der Waals surface area contributed by atoms with E-state index in [1.54, 1.807) is 6.92 Å². The van der Waals surface area contributed by atoms with E-state index >= 15 is 0 Å². The molecule has 0 aliphatic carbocycles. The predicted octanol–water partition coefficient (Wildman–Crippen LogP) is -1.43. The van der Waals surface area contributed by atoms with Gasteiger partial charge in [-0.05, 0) is 44.6 Å². The molecule has 0 spiro atoms. The number of likely N-dealkylation sites (tertiary alicyclic amines) is 1. The van der Waals surface area contributed by atoms with Crippen LogP contribution in [0.15, 0.2) is 35.3 Å². The molecule has 2 rings (SSSR count). The second kappa shape index (κ2) is 15.2. The molecule has 3 atom stereocenters. The van der Waals surface area contributed by atoms with Crippen molar-refractivity contribution in [1.82, 2.24) is 14.9 Å². The molecule has 13 nitrogen and oxygen atoms in total. The zero-order valence-corrected chi connectivity index (χ0v) is 22.5. The number of sulfonamides is 1. The Hall–Kier alpha value is -3.23. The second-order valence-corrected chi connectivity index (χ2v) is 10.9. The first kappa shape index (κ1) is 31.0. The molecule has 0 aromatic heterocycles. The summed E-state index contributed by atoms with van der Waals surface area (Å²) in [6, 6.07) is 6.97. The van der Waals surface area contributed by atoms with Gasteiger partial charge in [0.25, 0.3) is 0 Å². The van der Waals surface area contributed by atoms with Crippen LogP contribution < -0.4 is 27.2 Å². The van der Waals surface area contributed by atoms with Crippen molar-refractivity contribution in [2.75, 3.05) is 32.0 Å². The van der Waals surface area contributed by atoms with Gasteiger partial charge in [0.05, 0.1) is 18.4 Å². The molecule has 0 bridgehead atoms. The summed E-state index contributed by atoms with van der Waals surface area (Å²) < 4.78 is 32.2. The Morgan fingerprint density at radius 1 is 1.21 bits per heavy atom. The van der Waals surface area contributed by atoms with E-state index in [2.05, 4.69) is 15.0 Å². The number of nitrogens with zero attached hydrogens (tertiary/aromatic N) is 2. The lowest BCUT2D eigenvalue weighted by Gasteiger charge is -2.28. The minimum absolute atomic E-state index is 0.0961. The van der Waals surface area contributed by atoms with Crippen LogP contribution in [-0.4, -0.2) is 87.2 Å². The van der Waals surface area contributed by atoms with Crippen molar-refractivity contribution in [2.45, 2.75) is 57.2 Å². The van der Waals surface area contributed by atoms with Gasteiger partial charge in [-0.3, -0.25) is 19.4 Å². The number of nitrogens with one attached hydrogen (secondary N) is 2. The summed E-state index contributed by atoms with van der Waals surface area (Å²) >= 11 is 0. The summed E-state index contributed by atoms with van der Waals surface area (Å²) in [7, 11) is -3.95. The van der Waals surface area contributed by atoms with E-state index in [4.69, 9.17) is 21.9 Å². The van der Waals surface area contributed by atoms with E-state index in [1.807, 2.05) is 30.3 Å². The first-order valence-corrected chi connectivity index (χ1v) is 14.3.